The van der Waals surface area contributed by atoms with Gasteiger partial charge in [-0.1, -0.05) is 6.07 Å². The average molecular weight is 246 g/mol. The largest absolute Gasteiger partial charge is 0.328 e. The molecule has 1 aromatic carbocycles. The van der Waals surface area contributed by atoms with Gasteiger partial charge in [-0.15, -0.1) is 11.3 Å². The maximum absolute atomic E-state index is 5.95. The molecule has 1 fully saturated rings. The van der Waals surface area contributed by atoms with Crippen molar-refractivity contribution >= 4 is 21.6 Å². The van der Waals surface area contributed by atoms with E-state index in [0.717, 1.165) is 12.8 Å². The molecule has 17 heavy (non-hydrogen) atoms. The molecular weight excluding hydrogens is 228 g/mol. The van der Waals surface area contributed by atoms with Crippen LogP contribution in [0.5, 0.6) is 0 Å². The van der Waals surface area contributed by atoms with Gasteiger partial charge in [0.05, 0.1) is 15.2 Å². The van der Waals surface area contributed by atoms with Gasteiger partial charge in [0.15, 0.2) is 0 Å². The predicted octanol–water partition coefficient (Wildman–Crippen LogP) is 3.59. The van der Waals surface area contributed by atoms with Crippen molar-refractivity contribution in [1.29, 1.82) is 0 Å². The monoisotopic (exact) mass is 246 g/mol. The van der Waals surface area contributed by atoms with Crippen molar-refractivity contribution < 1.29 is 0 Å². The molecule has 0 bridgehead atoms. The van der Waals surface area contributed by atoms with E-state index < -0.39 is 0 Å². The van der Waals surface area contributed by atoms with E-state index in [-0.39, 0.29) is 0 Å². The molecule has 1 heterocycles. The lowest BCUT2D eigenvalue weighted by molar-refractivity contribution is 0.395. The first-order valence-corrected chi connectivity index (χ1v) is 7.16. The molecule has 1 saturated carbocycles. The van der Waals surface area contributed by atoms with Crippen molar-refractivity contribution in [2.75, 3.05) is 0 Å². The van der Waals surface area contributed by atoms with Crippen LogP contribution in [0.4, 0.5) is 0 Å². The number of aromatic nitrogens is 1. The molecule has 0 unspecified atom stereocenters. The number of hydrogen-bond donors (Lipinski definition) is 1. The topological polar surface area (TPSA) is 38.9 Å². The van der Waals surface area contributed by atoms with Crippen LogP contribution in [0.25, 0.3) is 10.2 Å². The van der Waals surface area contributed by atoms with Gasteiger partial charge in [-0.3, -0.25) is 0 Å². The molecule has 90 valence electrons. The van der Waals surface area contributed by atoms with E-state index in [9.17, 15) is 0 Å². The van der Waals surface area contributed by atoms with Gasteiger partial charge in [0.2, 0.25) is 0 Å². The number of hydrogen-bond acceptors (Lipinski definition) is 3. The quantitative estimate of drug-likeness (QED) is 0.835. The highest BCUT2D eigenvalue weighted by Gasteiger charge is 2.22. The number of rotatable bonds is 1. The van der Waals surface area contributed by atoms with Gasteiger partial charge in [-0.2, -0.15) is 0 Å². The fourth-order valence-corrected chi connectivity index (χ4v) is 3.71. The maximum atomic E-state index is 5.95. The van der Waals surface area contributed by atoms with Crippen molar-refractivity contribution in [3.8, 4) is 0 Å². The predicted molar refractivity (Wildman–Crippen MR) is 73.5 cm³/mol. The number of nitrogens with two attached hydrogens (primary N) is 1. The second kappa shape index (κ2) is 4.39. The van der Waals surface area contributed by atoms with Crippen molar-refractivity contribution in [1.82, 2.24) is 4.98 Å². The van der Waals surface area contributed by atoms with E-state index in [4.69, 9.17) is 10.7 Å². The smallest absolute Gasteiger partial charge is 0.0969 e. The third-order valence-corrected chi connectivity index (χ3v) is 4.88. The summed E-state index contributed by atoms with van der Waals surface area (Å²) in [7, 11) is 0. The van der Waals surface area contributed by atoms with E-state index in [1.165, 1.54) is 33.6 Å². The van der Waals surface area contributed by atoms with Crippen LogP contribution in [0.2, 0.25) is 0 Å². The molecule has 1 aromatic heterocycles. The molecule has 0 radical (unpaired) electrons. The fourth-order valence-electron chi connectivity index (χ4n) is 2.60. The van der Waals surface area contributed by atoms with Gasteiger partial charge in [0, 0.05) is 12.0 Å². The van der Waals surface area contributed by atoms with Crippen LogP contribution < -0.4 is 5.73 Å². The first-order chi connectivity index (χ1) is 8.22. The van der Waals surface area contributed by atoms with Gasteiger partial charge >= 0.3 is 0 Å². The van der Waals surface area contributed by atoms with Crippen LogP contribution in [0.3, 0.4) is 0 Å². The van der Waals surface area contributed by atoms with Crippen LogP contribution in [0, 0.1) is 6.92 Å². The minimum atomic E-state index is 0.419. The van der Waals surface area contributed by atoms with E-state index in [1.807, 2.05) is 11.3 Å². The Hall–Kier alpha value is -0.930. The molecule has 2 nitrogen and oxygen atoms in total. The van der Waals surface area contributed by atoms with Crippen molar-refractivity contribution in [3.05, 3.63) is 28.8 Å². The molecule has 3 rings (SSSR count). The summed E-state index contributed by atoms with van der Waals surface area (Å²) in [6, 6.07) is 6.97. The summed E-state index contributed by atoms with van der Waals surface area (Å²) in [5, 5.41) is 1.32. The molecule has 0 saturated heterocycles. The summed E-state index contributed by atoms with van der Waals surface area (Å²) in [5.74, 6) is 0.646. The second-order valence-corrected chi connectivity index (χ2v) is 6.20. The Morgan fingerprint density at radius 2 is 2.00 bits per heavy atom. The zero-order chi connectivity index (χ0) is 11.8. The summed E-state index contributed by atoms with van der Waals surface area (Å²) in [4.78, 5) is 4.80. The molecule has 2 aromatic rings. The fraction of sp³-hybridized carbons (Fsp3) is 0.500. The van der Waals surface area contributed by atoms with Gasteiger partial charge in [0.25, 0.3) is 0 Å². The zero-order valence-electron chi connectivity index (χ0n) is 10.1. The van der Waals surface area contributed by atoms with Crippen molar-refractivity contribution in [2.24, 2.45) is 5.73 Å². The molecule has 1 aliphatic rings. The molecule has 0 aliphatic heterocycles. The normalized spacial score (nSPS) is 25.3. The van der Waals surface area contributed by atoms with E-state index in [0.29, 0.717) is 12.0 Å². The summed E-state index contributed by atoms with van der Waals surface area (Å²) in [6.45, 7) is 2.12. The van der Waals surface area contributed by atoms with E-state index >= 15 is 0 Å². The van der Waals surface area contributed by atoms with Crippen LogP contribution in [0.15, 0.2) is 18.2 Å². The lowest BCUT2D eigenvalue weighted by Crippen LogP contribution is -2.25. The van der Waals surface area contributed by atoms with Crippen LogP contribution in [0.1, 0.15) is 42.2 Å². The average Bonchev–Trinajstić information content (AvgIpc) is 2.72. The first-order valence-electron chi connectivity index (χ1n) is 6.35. The van der Waals surface area contributed by atoms with Crippen LogP contribution in [-0.4, -0.2) is 11.0 Å². The Bertz CT molecular complexity index is 524. The van der Waals surface area contributed by atoms with Gasteiger partial charge in [0.1, 0.15) is 0 Å². The van der Waals surface area contributed by atoms with Gasteiger partial charge < -0.3 is 5.73 Å². The number of benzene rings is 1. The molecule has 0 spiro atoms. The third kappa shape index (κ3) is 2.22. The highest BCUT2D eigenvalue weighted by Crippen LogP contribution is 2.36. The standard InChI is InChI=1S/C14H18N2S/c1-9-2-7-13-12(8-9)16-14(17-13)10-3-5-11(15)6-4-10/h2,7-8,10-11H,3-6,15H2,1H3. The Morgan fingerprint density at radius 3 is 2.76 bits per heavy atom. The summed E-state index contributed by atoms with van der Waals surface area (Å²) >= 11 is 1.86. The molecule has 2 N–H and O–H groups in total. The molecule has 1 aliphatic carbocycles. The Kier molecular flexibility index (Phi) is 2.89. The lowest BCUT2D eigenvalue weighted by atomic mass is 9.87. The van der Waals surface area contributed by atoms with E-state index in [2.05, 4.69) is 25.1 Å². The third-order valence-electron chi connectivity index (χ3n) is 3.68. The SMILES string of the molecule is Cc1ccc2sc(C3CCC(N)CC3)nc2c1. The molecule has 0 amide bonds. The first kappa shape index (κ1) is 11.2. The maximum Gasteiger partial charge on any atom is 0.0969 e. The number of nitrogens with zero attached hydrogens (tertiary/aromatic N) is 1. The van der Waals surface area contributed by atoms with Gasteiger partial charge in [-0.25, -0.2) is 4.98 Å². The number of fused-ring (bicyclic) bond motifs is 1. The Morgan fingerprint density at radius 1 is 1.24 bits per heavy atom. The highest BCUT2D eigenvalue weighted by molar-refractivity contribution is 7.18. The van der Waals surface area contributed by atoms with Crippen LogP contribution in [-0.2, 0) is 0 Å². The zero-order valence-corrected chi connectivity index (χ0v) is 11.0. The number of aryl methyl sites for hydroxylation is 1. The minimum absolute atomic E-state index is 0.419. The number of thiazole rings is 1. The summed E-state index contributed by atoms with van der Waals surface area (Å²) < 4.78 is 1.32. The Labute approximate surface area is 106 Å². The van der Waals surface area contributed by atoms with Gasteiger partial charge in [-0.05, 0) is 50.3 Å². The van der Waals surface area contributed by atoms with Crippen molar-refractivity contribution in [2.45, 2.75) is 44.6 Å². The lowest BCUT2D eigenvalue weighted by Gasteiger charge is -2.24. The van der Waals surface area contributed by atoms with E-state index in [1.54, 1.807) is 0 Å². The molecule has 3 heteroatoms. The summed E-state index contributed by atoms with van der Waals surface area (Å²) in [5.41, 5.74) is 8.41. The molecule has 0 atom stereocenters. The molecular formula is C14H18N2S. The van der Waals surface area contributed by atoms with Crippen molar-refractivity contribution in [3.63, 3.8) is 0 Å². The Balaban J connectivity index is 1.90. The van der Waals surface area contributed by atoms with Crippen LogP contribution >= 0.6 is 11.3 Å². The second-order valence-electron chi connectivity index (χ2n) is 5.13. The minimum Gasteiger partial charge on any atom is -0.328 e. The highest BCUT2D eigenvalue weighted by atomic mass is 32.1. The summed E-state index contributed by atoms with van der Waals surface area (Å²) in [6.07, 6.45) is 4.72.